The first-order valence-electron chi connectivity index (χ1n) is 6.27. The van der Waals surface area contributed by atoms with Gasteiger partial charge in [0, 0.05) is 11.1 Å². The van der Waals surface area contributed by atoms with Crippen molar-refractivity contribution in [3.8, 4) is 0 Å². The summed E-state index contributed by atoms with van der Waals surface area (Å²) in [5, 5.41) is 15.6. The van der Waals surface area contributed by atoms with Crippen molar-refractivity contribution in [2.45, 2.75) is 24.9 Å². The van der Waals surface area contributed by atoms with E-state index in [1.165, 1.54) is 0 Å². The van der Waals surface area contributed by atoms with Gasteiger partial charge in [-0.15, -0.1) is 0 Å². The first-order valence-corrected chi connectivity index (χ1v) is 6.65. The Kier molecular flexibility index (Phi) is 4.82. The maximum atomic E-state index is 11.8. The highest BCUT2D eigenvalue weighted by Crippen LogP contribution is 2.16. The lowest BCUT2D eigenvalue weighted by Gasteiger charge is -2.19. The van der Waals surface area contributed by atoms with Gasteiger partial charge in [0.2, 0.25) is 0 Å². The number of nitrogens with one attached hydrogen (secondary N) is 2. The van der Waals surface area contributed by atoms with E-state index in [1.807, 2.05) is 12.2 Å². The van der Waals surface area contributed by atoms with Gasteiger partial charge in [-0.2, -0.15) is 0 Å². The second-order valence-corrected chi connectivity index (χ2v) is 4.98. The van der Waals surface area contributed by atoms with Crippen LogP contribution >= 0.6 is 11.6 Å². The van der Waals surface area contributed by atoms with Crippen LogP contribution in [-0.2, 0) is 0 Å². The van der Waals surface area contributed by atoms with Gasteiger partial charge in [0.15, 0.2) is 0 Å². The van der Waals surface area contributed by atoms with Crippen LogP contribution in [0.4, 0.5) is 4.79 Å². The van der Waals surface area contributed by atoms with Crippen molar-refractivity contribution < 1.29 is 9.90 Å². The highest BCUT2D eigenvalue weighted by Gasteiger charge is 2.17. The lowest BCUT2D eigenvalue weighted by Crippen LogP contribution is -2.43. The Hall–Kier alpha value is -1.52. The van der Waals surface area contributed by atoms with E-state index in [9.17, 15) is 9.90 Å². The van der Waals surface area contributed by atoms with E-state index < -0.39 is 6.04 Å². The first-order chi connectivity index (χ1) is 9.19. The smallest absolute Gasteiger partial charge is 0.315 e. The van der Waals surface area contributed by atoms with Gasteiger partial charge in [-0.1, -0.05) is 35.9 Å². The molecule has 5 heteroatoms. The number of carbonyl (C=O) groups is 1. The summed E-state index contributed by atoms with van der Waals surface area (Å²) >= 11 is 5.81. The maximum Gasteiger partial charge on any atom is 0.315 e. The van der Waals surface area contributed by atoms with Crippen molar-refractivity contribution in [3.05, 3.63) is 47.0 Å². The Morgan fingerprint density at radius 1 is 1.32 bits per heavy atom. The summed E-state index contributed by atoms with van der Waals surface area (Å²) in [5.74, 6) is 0. The normalized spacial score (nSPS) is 16.3. The summed E-state index contributed by atoms with van der Waals surface area (Å²) < 4.78 is 0. The monoisotopic (exact) mass is 280 g/mol. The van der Waals surface area contributed by atoms with E-state index in [0.717, 1.165) is 18.4 Å². The van der Waals surface area contributed by atoms with Crippen LogP contribution in [0.3, 0.4) is 0 Å². The molecule has 0 aliphatic heterocycles. The number of hydrogen-bond donors (Lipinski definition) is 3. The highest BCUT2D eigenvalue weighted by molar-refractivity contribution is 6.30. The predicted octanol–water partition coefficient (Wildman–Crippen LogP) is 2.39. The van der Waals surface area contributed by atoms with Crippen LogP contribution in [0.5, 0.6) is 0 Å². The molecule has 1 unspecified atom stereocenters. The molecule has 102 valence electrons. The lowest BCUT2D eigenvalue weighted by molar-refractivity contribution is 0.214. The summed E-state index contributed by atoms with van der Waals surface area (Å²) in [6.07, 6.45) is 5.82. The lowest BCUT2D eigenvalue weighted by atomic mass is 10.1. The van der Waals surface area contributed by atoms with Crippen LogP contribution in [0.2, 0.25) is 5.02 Å². The van der Waals surface area contributed by atoms with Crippen molar-refractivity contribution >= 4 is 17.6 Å². The fourth-order valence-electron chi connectivity index (χ4n) is 2.05. The highest BCUT2D eigenvalue weighted by atomic mass is 35.5. The Bertz CT molecular complexity index is 451. The fourth-order valence-corrected chi connectivity index (χ4v) is 2.18. The van der Waals surface area contributed by atoms with Crippen LogP contribution < -0.4 is 10.6 Å². The Balaban J connectivity index is 1.91. The average Bonchev–Trinajstić information content (AvgIpc) is 2.90. The summed E-state index contributed by atoms with van der Waals surface area (Å²) in [6, 6.07) is 6.53. The second kappa shape index (κ2) is 6.59. The molecule has 1 aromatic rings. The molecule has 2 rings (SSSR count). The zero-order valence-electron chi connectivity index (χ0n) is 10.5. The molecule has 3 N–H and O–H groups in total. The van der Waals surface area contributed by atoms with Crippen molar-refractivity contribution in [2.24, 2.45) is 0 Å². The number of carbonyl (C=O) groups excluding carboxylic acids is 1. The van der Waals surface area contributed by atoms with E-state index in [1.54, 1.807) is 24.3 Å². The molecular formula is C14H17ClN2O2. The van der Waals surface area contributed by atoms with Crippen molar-refractivity contribution in [3.63, 3.8) is 0 Å². The molecule has 19 heavy (non-hydrogen) atoms. The molecule has 1 aromatic carbocycles. The van der Waals surface area contributed by atoms with E-state index >= 15 is 0 Å². The predicted molar refractivity (Wildman–Crippen MR) is 75.1 cm³/mol. The van der Waals surface area contributed by atoms with Crippen LogP contribution in [-0.4, -0.2) is 23.8 Å². The SMILES string of the molecule is O=C(NC1CC=CC1)NC(CO)c1ccc(Cl)cc1. The van der Waals surface area contributed by atoms with Crippen molar-refractivity contribution in [2.75, 3.05) is 6.61 Å². The van der Waals surface area contributed by atoms with Crippen LogP contribution in [0.25, 0.3) is 0 Å². The van der Waals surface area contributed by atoms with E-state index in [2.05, 4.69) is 10.6 Å². The molecular weight excluding hydrogens is 264 g/mol. The molecule has 1 atom stereocenters. The standard InChI is InChI=1S/C14H17ClN2O2/c15-11-7-5-10(6-8-11)13(9-18)17-14(19)16-12-3-1-2-4-12/h1-2,5-8,12-13,18H,3-4,9H2,(H2,16,17,19). The third-order valence-electron chi connectivity index (χ3n) is 3.10. The summed E-state index contributed by atoms with van der Waals surface area (Å²) in [5.41, 5.74) is 0.826. The molecule has 4 nitrogen and oxygen atoms in total. The Labute approximate surface area is 117 Å². The Morgan fingerprint density at radius 3 is 2.53 bits per heavy atom. The first kappa shape index (κ1) is 13.9. The number of benzene rings is 1. The number of urea groups is 1. The molecule has 0 bridgehead atoms. The van der Waals surface area contributed by atoms with E-state index in [4.69, 9.17) is 11.6 Å². The number of aliphatic hydroxyl groups is 1. The molecule has 0 saturated heterocycles. The molecule has 0 heterocycles. The zero-order valence-corrected chi connectivity index (χ0v) is 11.2. The Morgan fingerprint density at radius 2 is 1.95 bits per heavy atom. The number of halogens is 1. The van der Waals surface area contributed by atoms with Crippen LogP contribution in [0.1, 0.15) is 24.4 Å². The molecule has 0 radical (unpaired) electrons. The third-order valence-corrected chi connectivity index (χ3v) is 3.36. The minimum absolute atomic E-state index is 0.155. The van der Waals surface area contributed by atoms with Gasteiger partial charge in [0.05, 0.1) is 12.6 Å². The number of hydrogen-bond acceptors (Lipinski definition) is 2. The summed E-state index contributed by atoms with van der Waals surface area (Å²) in [7, 11) is 0. The van der Waals surface area contributed by atoms with Gasteiger partial charge in [0.1, 0.15) is 0 Å². The van der Waals surface area contributed by atoms with Crippen LogP contribution in [0, 0.1) is 0 Å². The van der Waals surface area contributed by atoms with Gasteiger partial charge in [-0.3, -0.25) is 0 Å². The van der Waals surface area contributed by atoms with Gasteiger partial charge >= 0.3 is 6.03 Å². The summed E-state index contributed by atoms with van der Waals surface area (Å²) in [4.78, 5) is 11.8. The molecule has 1 aliphatic rings. The molecule has 0 saturated carbocycles. The average molecular weight is 281 g/mol. The third kappa shape index (κ3) is 3.98. The zero-order chi connectivity index (χ0) is 13.7. The van der Waals surface area contributed by atoms with E-state index in [-0.39, 0.29) is 18.7 Å². The quantitative estimate of drug-likeness (QED) is 0.742. The number of rotatable bonds is 4. The van der Waals surface area contributed by atoms with E-state index in [0.29, 0.717) is 5.02 Å². The van der Waals surface area contributed by atoms with Crippen LogP contribution in [0.15, 0.2) is 36.4 Å². The van der Waals surface area contributed by atoms with Gasteiger partial charge in [-0.25, -0.2) is 4.79 Å². The maximum absolute atomic E-state index is 11.8. The summed E-state index contributed by atoms with van der Waals surface area (Å²) in [6.45, 7) is -0.155. The van der Waals surface area contributed by atoms with Crippen molar-refractivity contribution in [1.29, 1.82) is 0 Å². The fraction of sp³-hybridized carbons (Fsp3) is 0.357. The molecule has 0 fully saturated rings. The van der Waals surface area contributed by atoms with Gasteiger partial charge < -0.3 is 15.7 Å². The number of amides is 2. The molecule has 0 spiro atoms. The van der Waals surface area contributed by atoms with Gasteiger partial charge in [-0.05, 0) is 30.5 Å². The topological polar surface area (TPSA) is 61.4 Å². The number of aliphatic hydroxyl groups excluding tert-OH is 1. The second-order valence-electron chi connectivity index (χ2n) is 4.54. The minimum atomic E-state index is -0.424. The van der Waals surface area contributed by atoms with Gasteiger partial charge in [0.25, 0.3) is 0 Å². The molecule has 2 amide bonds. The largest absolute Gasteiger partial charge is 0.394 e. The molecule has 1 aliphatic carbocycles. The minimum Gasteiger partial charge on any atom is -0.394 e. The molecule has 0 aromatic heterocycles. The van der Waals surface area contributed by atoms with Crippen molar-refractivity contribution in [1.82, 2.24) is 10.6 Å².